The lowest BCUT2D eigenvalue weighted by Gasteiger charge is -2.06. The first-order valence-corrected chi connectivity index (χ1v) is 8.64. The van der Waals surface area contributed by atoms with Crippen LogP contribution in [0.3, 0.4) is 0 Å². The van der Waals surface area contributed by atoms with Gasteiger partial charge in [-0.1, -0.05) is 30.6 Å². The van der Waals surface area contributed by atoms with Gasteiger partial charge in [0.25, 0.3) is 0 Å². The highest BCUT2D eigenvalue weighted by Gasteiger charge is 2.10. The second-order valence-electron chi connectivity index (χ2n) is 5.29. The zero-order chi connectivity index (χ0) is 15.9. The van der Waals surface area contributed by atoms with Crippen LogP contribution in [0.2, 0.25) is 0 Å². The predicted molar refractivity (Wildman–Crippen MR) is 91.2 cm³/mol. The Balaban J connectivity index is 1.78. The first-order valence-electron chi connectivity index (χ1n) is 7.48. The highest BCUT2D eigenvalue weighted by molar-refractivity contribution is 7.99. The van der Waals surface area contributed by atoms with E-state index in [1.807, 2.05) is 26.0 Å². The maximum atomic E-state index is 12.0. The van der Waals surface area contributed by atoms with Crippen LogP contribution in [0, 0.1) is 13.8 Å². The van der Waals surface area contributed by atoms with E-state index < -0.39 is 0 Å². The Morgan fingerprint density at radius 2 is 2.00 bits per heavy atom. The summed E-state index contributed by atoms with van der Waals surface area (Å²) in [7, 11) is 0. The van der Waals surface area contributed by atoms with E-state index in [0.29, 0.717) is 5.75 Å². The summed E-state index contributed by atoms with van der Waals surface area (Å²) in [5.74, 6) is 2.00. The van der Waals surface area contributed by atoms with Crippen LogP contribution in [-0.2, 0) is 17.0 Å². The summed E-state index contributed by atoms with van der Waals surface area (Å²) in [5.41, 5.74) is 4.13. The standard InChI is InChI=1S/C17H22N2O2S/c1-4-5-14-6-8-15(9-7-14)18-17(20)11-22-10-16-12(2)19-21-13(16)3/h6-9H,4-5,10-11H2,1-3H3,(H,18,20). The molecule has 0 atom stereocenters. The van der Waals surface area contributed by atoms with Crippen LogP contribution in [0.25, 0.3) is 0 Å². The molecule has 0 fully saturated rings. The van der Waals surface area contributed by atoms with Gasteiger partial charge in [0.1, 0.15) is 5.76 Å². The van der Waals surface area contributed by atoms with E-state index in [4.69, 9.17) is 4.52 Å². The van der Waals surface area contributed by atoms with Gasteiger partial charge in [0, 0.05) is 17.0 Å². The highest BCUT2D eigenvalue weighted by atomic mass is 32.2. The van der Waals surface area contributed by atoms with Crippen molar-refractivity contribution in [3.63, 3.8) is 0 Å². The molecule has 22 heavy (non-hydrogen) atoms. The fraction of sp³-hybridized carbons (Fsp3) is 0.412. The molecular formula is C17H22N2O2S. The lowest BCUT2D eigenvalue weighted by molar-refractivity contribution is -0.113. The summed E-state index contributed by atoms with van der Waals surface area (Å²) in [6.07, 6.45) is 2.20. The molecule has 0 radical (unpaired) electrons. The number of hydrogen-bond acceptors (Lipinski definition) is 4. The number of thioether (sulfide) groups is 1. The molecule has 0 unspecified atom stereocenters. The molecule has 0 bridgehead atoms. The average Bonchev–Trinajstić information content (AvgIpc) is 2.81. The first-order chi connectivity index (χ1) is 10.6. The van der Waals surface area contributed by atoms with Gasteiger partial charge in [0.05, 0.1) is 11.4 Å². The molecule has 1 aromatic carbocycles. The van der Waals surface area contributed by atoms with Crippen LogP contribution in [0.5, 0.6) is 0 Å². The van der Waals surface area contributed by atoms with Crippen LogP contribution in [-0.4, -0.2) is 16.8 Å². The lowest BCUT2D eigenvalue weighted by atomic mass is 10.1. The summed E-state index contributed by atoms with van der Waals surface area (Å²) in [6.45, 7) is 5.98. The summed E-state index contributed by atoms with van der Waals surface area (Å²) in [6, 6.07) is 8.05. The monoisotopic (exact) mass is 318 g/mol. The lowest BCUT2D eigenvalue weighted by Crippen LogP contribution is -2.14. The fourth-order valence-corrected chi connectivity index (χ4v) is 3.17. The van der Waals surface area contributed by atoms with E-state index in [0.717, 1.165) is 41.3 Å². The molecule has 0 saturated carbocycles. The summed E-state index contributed by atoms with van der Waals surface area (Å²) < 4.78 is 5.12. The third-order valence-electron chi connectivity index (χ3n) is 3.44. The molecule has 0 aliphatic rings. The molecule has 0 saturated heterocycles. The number of nitrogens with one attached hydrogen (secondary N) is 1. The molecule has 0 spiro atoms. The first kappa shape index (κ1) is 16.6. The topological polar surface area (TPSA) is 55.1 Å². The third kappa shape index (κ3) is 4.63. The van der Waals surface area contributed by atoms with Crippen molar-refractivity contribution in [3.8, 4) is 0 Å². The van der Waals surface area contributed by atoms with Crippen LogP contribution < -0.4 is 5.32 Å². The Hall–Kier alpha value is -1.75. The minimum absolute atomic E-state index is 0.0139. The number of anilines is 1. The van der Waals surface area contributed by atoms with Crippen LogP contribution in [0.15, 0.2) is 28.8 Å². The fourth-order valence-electron chi connectivity index (χ4n) is 2.19. The number of carbonyl (C=O) groups is 1. The van der Waals surface area contributed by atoms with Gasteiger partial charge in [-0.05, 0) is 38.0 Å². The number of aromatic nitrogens is 1. The van der Waals surface area contributed by atoms with E-state index in [-0.39, 0.29) is 5.91 Å². The van der Waals surface area contributed by atoms with Crippen molar-refractivity contribution in [2.24, 2.45) is 0 Å². The van der Waals surface area contributed by atoms with Gasteiger partial charge in [0.15, 0.2) is 0 Å². The van der Waals surface area contributed by atoms with Gasteiger partial charge in [-0.2, -0.15) is 0 Å². The van der Waals surface area contributed by atoms with Crippen molar-refractivity contribution in [3.05, 3.63) is 46.8 Å². The summed E-state index contributed by atoms with van der Waals surface area (Å²) in [4.78, 5) is 12.0. The van der Waals surface area contributed by atoms with Crippen molar-refractivity contribution in [2.45, 2.75) is 39.4 Å². The van der Waals surface area contributed by atoms with E-state index in [2.05, 4.69) is 29.5 Å². The Bertz CT molecular complexity index is 601. The number of amides is 1. The third-order valence-corrected chi connectivity index (χ3v) is 4.40. The molecule has 1 amide bonds. The van der Waals surface area contributed by atoms with Crippen molar-refractivity contribution in [1.82, 2.24) is 5.16 Å². The molecule has 4 nitrogen and oxygen atoms in total. The molecule has 1 aromatic heterocycles. The van der Waals surface area contributed by atoms with E-state index in [1.165, 1.54) is 5.56 Å². The molecule has 1 N–H and O–H groups in total. The summed E-state index contributed by atoms with van der Waals surface area (Å²) >= 11 is 1.57. The number of nitrogens with zero attached hydrogens (tertiary/aromatic N) is 1. The SMILES string of the molecule is CCCc1ccc(NC(=O)CSCc2c(C)noc2C)cc1. The zero-order valence-electron chi connectivity index (χ0n) is 13.3. The molecule has 0 aliphatic carbocycles. The largest absolute Gasteiger partial charge is 0.361 e. The van der Waals surface area contributed by atoms with Crippen molar-refractivity contribution >= 4 is 23.4 Å². The number of rotatable bonds is 7. The Morgan fingerprint density at radius 1 is 1.27 bits per heavy atom. The van der Waals surface area contributed by atoms with E-state index >= 15 is 0 Å². The van der Waals surface area contributed by atoms with Crippen molar-refractivity contribution in [2.75, 3.05) is 11.1 Å². The maximum Gasteiger partial charge on any atom is 0.234 e. The quantitative estimate of drug-likeness (QED) is 0.834. The molecule has 5 heteroatoms. The molecule has 2 rings (SSSR count). The summed E-state index contributed by atoms with van der Waals surface area (Å²) in [5, 5.41) is 6.84. The normalized spacial score (nSPS) is 10.7. The molecule has 2 aromatic rings. The van der Waals surface area contributed by atoms with Gasteiger partial charge in [-0.15, -0.1) is 11.8 Å². The van der Waals surface area contributed by atoms with Crippen molar-refractivity contribution < 1.29 is 9.32 Å². The predicted octanol–water partition coefficient (Wildman–Crippen LogP) is 4.12. The smallest absolute Gasteiger partial charge is 0.234 e. The number of aryl methyl sites for hydroxylation is 3. The minimum Gasteiger partial charge on any atom is -0.361 e. The molecular weight excluding hydrogens is 296 g/mol. The maximum absolute atomic E-state index is 12.0. The van der Waals surface area contributed by atoms with Crippen LogP contribution >= 0.6 is 11.8 Å². The Morgan fingerprint density at radius 3 is 2.59 bits per heavy atom. The van der Waals surface area contributed by atoms with Crippen molar-refractivity contribution in [1.29, 1.82) is 0 Å². The molecule has 118 valence electrons. The van der Waals surface area contributed by atoms with Gasteiger partial charge in [-0.3, -0.25) is 4.79 Å². The highest BCUT2D eigenvalue weighted by Crippen LogP contribution is 2.19. The Labute approximate surface area is 135 Å². The van der Waals surface area contributed by atoms with E-state index in [9.17, 15) is 4.79 Å². The van der Waals surface area contributed by atoms with E-state index in [1.54, 1.807) is 11.8 Å². The molecule has 1 heterocycles. The Kier molecular flexibility index (Phi) is 6.07. The van der Waals surface area contributed by atoms with Gasteiger partial charge in [-0.25, -0.2) is 0 Å². The van der Waals surface area contributed by atoms with Gasteiger partial charge in [0.2, 0.25) is 5.91 Å². The average molecular weight is 318 g/mol. The van der Waals surface area contributed by atoms with Gasteiger partial charge < -0.3 is 9.84 Å². The van der Waals surface area contributed by atoms with Crippen LogP contribution in [0.4, 0.5) is 5.69 Å². The van der Waals surface area contributed by atoms with Crippen LogP contribution in [0.1, 0.15) is 35.9 Å². The number of benzene rings is 1. The molecule has 0 aliphatic heterocycles. The zero-order valence-corrected chi connectivity index (χ0v) is 14.1. The second-order valence-corrected chi connectivity index (χ2v) is 6.28. The second kappa shape index (κ2) is 8.03. The van der Waals surface area contributed by atoms with Gasteiger partial charge >= 0.3 is 0 Å². The number of carbonyl (C=O) groups excluding carboxylic acids is 1. The minimum atomic E-state index is 0.0139. The number of hydrogen-bond donors (Lipinski definition) is 1.